The molecule has 8 heteroatoms. The lowest BCUT2D eigenvalue weighted by Crippen LogP contribution is -3.00. The van der Waals surface area contributed by atoms with E-state index in [1.165, 1.54) is 56.6 Å². The van der Waals surface area contributed by atoms with E-state index in [1.54, 1.807) is 0 Å². The molecule has 6 aromatic rings. The summed E-state index contributed by atoms with van der Waals surface area (Å²) >= 11 is 0. The van der Waals surface area contributed by atoms with Crippen LogP contribution in [0.1, 0.15) is 67.6 Å². The van der Waals surface area contributed by atoms with Crippen LogP contribution in [0.5, 0.6) is 0 Å². The highest BCUT2D eigenvalue weighted by Crippen LogP contribution is 2.52. The van der Waals surface area contributed by atoms with E-state index in [2.05, 4.69) is 136 Å². The first-order valence-electron chi connectivity index (χ1n) is 23.1. The summed E-state index contributed by atoms with van der Waals surface area (Å²) in [5, 5.41) is 5.11. The van der Waals surface area contributed by atoms with Crippen molar-refractivity contribution in [3.05, 3.63) is 182 Å². The predicted octanol–water partition coefficient (Wildman–Crippen LogP) is 6.29. The zero-order chi connectivity index (χ0) is 42.3. The molecule has 12 rings (SSSR count). The van der Waals surface area contributed by atoms with Crippen molar-refractivity contribution in [3.8, 4) is 0 Å². The van der Waals surface area contributed by atoms with Crippen LogP contribution in [0.15, 0.2) is 160 Å². The van der Waals surface area contributed by atoms with Gasteiger partial charge in [0, 0.05) is 71.8 Å². The molecule has 0 N–H and O–H groups in total. The minimum atomic E-state index is -0.0821. The van der Waals surface area contributed by atoms with Crippen molar-refractivity contribution in [1.29, 1.82) is 0 Å². The highest BCUT2D eigenvalue weighted by molar-refractivity contribution is 5.88. The van der Waals surface area contributed by atoms with Crippen LogP contribution in [0.3, 0.4) is 0 Å². The second-order valence-corrected chi connectivity index (χ2v) is 18.9. The number of piperidine rings is 6. The lowest BCUT2D eigenvalue weighted by molar-refractivity contribution is -0.985. The number of para-hydroxylation sites is 2. The molecule has 6 nitrogen and oxygen atoms in total. The summed E-state index contributed by atoms with van der Waals surface area (Å²) in [6.45, 7) is 24.3. The molecular formula is C57H66Br2N4O2. The summed E-state index contributed by atoms with van der Waals surface area (Å²) < 4.78 is 15.9. The van der Waals surface area contributed by atoms with Crippen molar-refractivity contribution in [2.24, 2.45) is 23.7 Å². The van der Waals surface area contributed by atoms with Crippen LogP contribution in [-0.2, 0) is 22.6 Å². The van der Waals surface area contributed by atoms with Gasteiger partial charge in [0.25, 0.3) is 0 Å². The van der Waals surface area contributed by atoms with E-state index >= 15 is 0 Å². The molecule has 4 bridgehead atoms. The molecule has 6 fully saturated rings. The maximum absolute atomic E-state index is 6.94. The molecule has 8 heterocycles. The second-order valence-electron chi connectivity index (χ2n) is 18.9. The molecule has 6 saturated heterocycles. The molecule has 0 radical (unpaired) electrons. The topological polar surface area (TPSA) is 44.2 Å². The van der Waals surface area contributed by atoms with E-state index in [9.17, 15) is 0 Å². The fourth-order valence-electron chi connectivity index (χ4n) is 13.0. The van der Waals surface area contributed by atoms with Crippen LogP contribution in [-0.4, -0.2) is 70.4 Å². The Hall–Kier alpha value is -4.28. The highest BCUT2D eigenvalue weighted by Gasteiger charge is 2.56. The van der Waals surface area contributed by atoms with Gasteiger partial charge in [-0.3, -0.25) is 9.97 Å². The molecule has 0 amide bonds. The molecule has 65 heavy (non-hydrogen) atoms. The summed E-state index contributed by atoms with van der Waals surface area (Å²) in [4.78, 5) is 9.51. The van der Waals surface area contributed by atoms with Gasteiger partial charge in [-0.05, 0) is 58.0 Å². The molecule has 340 valence electrons. The molecule has 6 aliphatic rings. The average Bonchev–Trinajstić information content (AvgIpc) is 3.33. The average molecular weight is 999 g/mol. The standard InChI is InChI=1S/C56H62N4O2.CH4.2BrH/c1-5-31-61-55(49-23-27-57-51-19-13-11-17-47(49)51)53-33-41-25-29-59(53,35-39(41)7-3)37-43-21-22-44(46-16-10-9-15-45(43)46)38-60-30-26-42(40(8-4)36-60)34-54(60)56(62-32-6-2)50-24-28-58-52-20-14-12-18-48(50)52;;;/h5-24,27-28,39-42,53-56H,1-4,25-26,29-38H2;1H4;2*1H/q+2;;;/p-2/t39?,40?,41?,42?,53?,54?,55-,56-,59?,60?;;;/m1.../s1. The number of pyridine rings is 2. The number of fused-ring (bicyclic) bond motifs is 9. The molecule has 4 aromatic carbocycles. The third-order valence-corrected chi connectivity index (χ3v) is 15.9. The highest BCUT2D eigenvalue weighted by atomic mass is 79.9. The Labute approximate surface area is 408 Å². The molecule has 6 aliphatic heterocycles. The van der Waals surface area contributed by atoms with Gasteiger partial charge in [-0.25, -0.2) is 0 Å². The van der Waals surface area contributed by atoms with Crippen LogP contribution in [0.2, 0.25) is 0 Å². The molecule has 0 spiro atoms. The number of aromatic nitrogens is 2. The summed E-state index contributed by atoms with van der Waals surface area (Å²) in [6.07, 6.45) is 16.7. The van der Waals surface area contributed by atoms with Crippen molar-refractivity contribution in [2.45, 2.75) is 70.5 Å². The number of ether oxygens (including phenoxy) is 2. The first kappa shape index (κ1) is 48.6. The van der Waals surface area contributed by atoms with Crippen LogP contribution >= 0.6 is 0 Å². The lowest BCUT2D eigenvalue weighted by Gasteiger charge is -2.59. The van der Waals surface area contributed by atoms with Crippen molar-refractivity contribution >= 4 is 32.6 Å². The molecule has 0 aliphatic carbocycles. The molecule has 10 atom stereocenters. The van der Waals surface area contributed by atoms with Gasteiger partial charge in [0.2, 0.25) is 0 Å². The van der Waals surface area contributed by atoms with Crippen molar-refractivity contribution < 1.29 is 52.4 Å². The monoisotopic (exact) mass is 996 g/mol. The lowest BCUT2D eigenvalue weighted by atomic mass is 9.70. The number of quaternary nitrogens is 2. The van der Waals surface area contributed by atoms with Gasteiger partial charge in [-0.15, -0.1) is 26.3 Å². The van der Waals surface area contributed by atoms with E-state index < -0.39 is 0 Å². The van der Waals surface area contributed by atoms with Gasteiger partial charge < -0.3 is 52.4 Å². The number of hydrogen-bond donors (Lipinski definition) is 0. The first-order valence-corrected chi connectivity index (χ1v) is 23.1. The Bertz CT molecular complexity index is 2460. The number of hydrogen-bond acceptors (Lipinski definition) is 4. The summed E-state index contributed by atoms with van der Waals surface area (Å²) in [7, 11) is 0. The summed E-state index contributed by atoms with van der Waals surface area (Å²) in [6, 6.07) is 36.3. The number of rotatable bonds is 16. The van der Waals surface area contributed by atoms with Gasteiger partial charge in [-0.1, -0.05) is 105 Å². The van der Waals surface area contributed by atoms with Crippen LogP contribution in [0, 0.1) is 23.7 Å². The minimum Gasteiger partial charge on any atom is -1.00 e. The third kappa shape index (κ3) is 8.88. The van der Waals surface area contributed by atoms with Gasteiger partial charge in [0.15, 0.2) is 0 Å². The van der Waals surface area contributed by atoms with Crippen LogP contribution in [0.4, 0.5) is 0 Å². The van der Waals surface area contributed by atoms with Crippen LogP contribution in [0.25, 0.3) is 32.6 Å². The molecule has 8 unspecified atom stereocenters. The largest absolute Gasteiger partial charge is 1.00 e. The third-order valence-electron chi connectivity index (χ3n) is 15.9. The molecule has 2 aromatic heterocycles. The fourth-order valence-corrected chi connectivity index (χ4v) is 13.0. The van der Waals surface area contributed by atoms with Gasteiger partial charge in [-0.2, -0.15) is 0 Å². The zero-order valence-corrected chi connectivity index (χ0v) is 40.2. The Morgan fingerprint density at radius 2 is 0.954 bits per heavy atom. The maximum atomic E-state index is 6.94. The Morgan fingerprint density at radius 3 is 1.35 bits per heavy atom. The quantitative estimate of drug-likeness (QED) is 0.0846. The minimum absolute atomic E-state index is 0. The van der Waals surface area contributed by atoms with E-state index in [4.69, 9.17) is 19.4 Å². The normalized spacial score (nSPS) is 27.4. The van der Waals surface area contributed by atoms with Crippen molar-refractivity contribution in [2.75, 3.05) is 39.4 Å². The van der Waals surface area contributed by atoms with E-state index in [0.29, 0.717) is 36.9 Å². The van der Waals surface area contributed by atoms with E-state index in [1.807, 2.05) is 24.5 Å². The Kier molecular flexibility index (Phi) is 15.5. The predicted molar refractivity (Wildman–Crippen MR) is 260 cm³/mol. The molecular weight excluding hydrogens is 932 g/mol. The maximum Gasteiger partial charge on any atom is 0.135 e. The second kappa shape index (κ2) is 20.7. The molecule has 0 saturated carbocycles. The van der Waals surface area contributed by atoms with Gasteiger partial charge in [0.1, 0.15) is 37.4 Å². The SMILES string of the molecule is C.C=CCO[C@H](c1ccnc2ccccc12)C1CC2CC[N+]1(Cc1ccc(C[N+]34CCC(CC3[C@H](OCC=C)c3ccnc5ccccc35)C(C=C)C4)c3ccccc13)CC2C=C.[Br-].[Br-]. The number of nitrogens with zero attached hydrogens (tertiary/aromatic N) is 4. The van der Waals surface area contributed by atoms with Gasteiger partial charge >= 0.3 is 0 Å². The van der Waals surface area contributed by atoms with E-state index in [-0.39, 0.29) is 65.7 Å². The van der Waals surface area contributed by atoms with E-state index in [0.717, 1.165) is 72.1 Å². The zero-order valence-electron chi connectivity index (χ0n) is 37.0. The van der Waals surface area contributed by atoms with Crippen molar-refractivity contribution in [3.63, 3.8) is 0 Å². The van der Waals surface area contributed by atoms with Crippen molar-refractivity contribution in [1.82, 2.24) is 9.97 Å². The number of benzene rings is 4. The van der Waals surface area contributed by atoms with Crippen LogP contribution < -0.4 is 34.0 Å². The number of halogens is 2. The summed E-state index contributed by atoms with van der Waals surface area (Å²) in [5.74, 6) is 2.19. The fraction of sp³-hybridized carbons (Fsp3) is 0.368. The summed E-state index contributed by atoms with van der Waals surface area (Å²) in [5.41, 5.74) is 7.36. The first-order chi connectivity index (χ1) is 30.5. The Morgan fingerprint density at radius 1 is 0.554 bits per heavy atom. The Balaban J connectivity index is 0.00000210. The van der Waals surface area contributed by atoms with Gasteiger partial charge in [0.05, 0.1) is 50.4 Å². The smallest absolute Gasteiger partial charge is 0.135 e.